The van der Waals surface area contributed by atoms with Crippen molar-refractivity contribution in [3.8, 4) is 5.75 Å². The number of carbonyl (C=O) groups excluding carboxylic acids is 1. The molecule has 0 unspecified atom stereocenters. The molecule has 0 spiro atoms. The number of amides is 1. The van der Waals surface area contributed by atoms with E-state index in [9.17, 15) is 4.79 Å². The van der Waals surface area contributed by atoms with Crippen molar-refractivity contribution in [3.05, 3.63) is 57.2 Å². The molecule has 1 aromatic carbocycles. The van der Waals surface area contributed by atoms with E-state index in [1.54, 1.807) is 0 Å². The number of benzene rings is 1. The third-order valence-electron chi connectivity index (χ3n) is 4.84. The molecule has 0 saturated carbocycles. The fourth-order valence-electron chi connectivity index (χ4n) is 3.42. The number of anilines is 1. The summed E-state index contributed by atoms with van der Waals surface area (Å²) in [5.41, 5.74) is 2.21. The van der Waals surface area contributed by atoms with Crippen LogP contribution in [-0.2, 0) is 6.42 Å². The number of hydrogen-bond acceptors (Lipinski definition) is 4. The Morgan fingerprint density at radius 3 is 2.96 bits per heavy atom. The molecule has 0 radical (unpaired) electrons. The first-order valence-electron chi connectivity index (χ1n) is 9.71. The lowest BCUT2D eigenvalue weighted by Crippen LogP contribution is -2.35. The SMILES string of the molecule is C=CCN(C)CCCCOc1ccc2c(c1)CCCN2C(=O)c1ccc(Br)s1. The van der Waals surface area contributed by atoms with Gasteiger partial charge in [0.2, 0.25) is 0 Å². The van der Waals surface area contributed by atoms with Gasteiger partial charge in [0.25, 0.3) is 5.91 Å². The number of ether oxygens (including phenoxy) is 1. The van der Waals surface area contributed by atoms with Crippen LogP contribution < -0.4 is 9.64 Å². The van der Waals surface area contributed by atoms with E-state index in [0.29, 0.717) is 6.61 Å². The normalized spacial score (nSPS) is 13.5. The zero-order valence-electron chi connectivity index (χ0n) is 16.3. The molecular formula is C22H27BrN2O2S. The van der Waals surface area contributed by atoms with E-state index in [4.69, 9.17) is 4.74 Å². The van der Waals surface area contributed by atoms with Crippen molar-refractivity contribution in [2.75, 3.05) is 38.2 Å². The lowest BCUT2D eigenvalue weighted by Gasteiger charge is -2.29. The number of hydrogen-bond donors (Lipinski definition) is 0. The number of carbonyl (C=O) groups is 1. The zero-order valence-corrected chi connectivity index (χ0v) is 18.7. The van der Waals surface area contributed by atoms with Gasteiger partial charge in [0.15, 0.2) is 0 Å². The number of aryl methyl sites for hydroxylation is 1. The van der Waals surface area contributed by atoms with Crippen molar-refractivity contribution in [2.24, 2.45) is 0 Å². The molecule has 0 atom stereocenters. The number of halogens is 1. The van der Waals surface area contributed by atoms with Crippen LogP contribution in [0.25, 0.3) is 0 Å². The predicted octanol–water partition coefficient (Wildman–Crippen LogP) is 5.38. The van der Waals surface area contributed by atoms with Crippen LogP contribution in [0.15, 0.2) is 46.8 Å². The molecule has 1 amide bonds. The maximum absolute atomic E-state index is 12.9. The molecule has 0 aliphatic carbocycles. The summed E-state index contributed by atoms with van der Waals surface area (Å²) in [6.45, 7) is 7.21. The van der Waals surface area contributed by atoms with Gasteiger partial charge in [-0.2, -0.15) is 0 Å². The molecule has 4 nitrogen and oxygen atoms in total. The molecule has 3 rings (SSSR count). The fourth-order valence-corrected chi connectivity index (χ4v) is 4.76. The average molecular weight is 463 g/mol. The lowest BCUT2D eigenvalue weighted by molar-refractivity contribution is 0.0989. The Balaban J connectivity index is 1.57. The molecule has 0 fully saturated rings. The van der Waals surface area contributed by atoms with E-state index < -0.39 is 0 Å². The number of unbranched alkanes of at least 4 members (excludes halogenated alkanes) is 1. The summed E-state index contributed by atoms with van der Waals surface area (Å²) in [6, 6.07) is 9.92. The Kier molecular flexibility index (Phi) is 7.71. The fraction of sp³-hybridized carbons (Fsp3) is 0.409. The van der Waals surface area contributed by atoms with Crippen LogP contribution in [0.1, 0.15) is 34.5 Å². The summed E-state index contributed by atoms with van der Waals surface area (Å²) in [6.07, 6.45) is 6.01. The first-order chi connectivity index (χ1) is 13.6. The Hall–Kier alpha value is -1.63. The molecule has 1 aromatic heterocycles. The van der Waals surface area contributed by atoms with Crippen LogP contribution in [0.2, 0.25) is 0 Å². The molecule has 1 aliphatic rings. The minimum absolute atomic E-state index is 0.0777. The average Bonchev–Trinajstić information content (AvgIpc) is 3.13. The number of thiophene rings is 1. The number of fused-ring (bicyclic) bond motifs is 1. The minimum Gasteiger partial charge on any atom is -0.494 e. The van der Waals surface area contributed by atoms with Crippen LogP contribution >= 0.6 is 27.3 Å². The Labute approximate surface area is 179 Å². The van der Waals surface area contributed by atoms with Crippen molar-refractivity contribution in [1.29, 1.82) is 0 Å². The van der Waals surface area contributed by atoms with Crippen LogP contribution in [0, 0.1) is 0 Å². The van der Waals surface area contributed by atoms with Gasteiger partial charge in [0, 0.05) is 18.8 Å². The molecule has 28 heavy (non-hydrogen) atoms. The highest BCUT2D eigenvalue weighted by atomic mass is 79.9. The van der Waals surface area contributed by atoms with Gasteiger partial charge >= 0.3 is 0 Å². The number of nitrogens with zero attached hydrogens (tertiary/aromatic N) is 2. The van der Waals surface area contributed by atoms with Crippen molar-refractivity contribution in [2.45, 2.75) is 25.7 Å². The molecular weight excluding hydrogens is 436 g/mol. The zero-order chi connectivity index (χ0) is 19.9. The summed E-state index contributed by atoms with van der Waals surface area (Å²) in [5.74, 6) is 0.973. The molecule has 2 heterocycles. The second kappa shape index (κ2) is 10.2. The summed E-state index contributed by atoms with van der Waals surface area (Å²) in [5, 5.41) is 0. The largest absolute Gasteiger partial charge is 0.494 e. The Morgan fingerprint density at radius 1 is 1.36 bits per heavy atom. The standard InChI is InChI=1S/C22H27BrN2O2S/c1-3-12-24(2)13-4-5-15-27-18-8-9-19-17(16-18)7-6-14-25(19)22(26)20-10-11-21(23)28-20/h3,8-11,16H,1,4-7,12-15H2,2H3. The molecule has 0 bridgehead atoms. The monoisotopic (exact) mass is 462 g/mol. The quantitative estimate of drug-likeness (QED) is 0.370. The number of rotatable bonds is 9. The van der Waals surface area contributed by atoms with Crippen LogP contribution in [0.3, 0.4) is 0 Å². The van der Waals surface area contributed by atoms with E-state index in [1.165, 1.54) is 16.9 Å². The first-order valence-corrected chi connectivity index (χ1v) is 11.3. The molecule has 6 heteroatoms. The van der Waals surface area contributed by atoms with E-state index in [2.05, 4.69) is 40.5 Å². The van der Waals surface area contributed by atoms with E-state index in [1.807, 2.05) is 35.2 Å². The molecule has 0 N–H and O–H groups in total. The van der Waals surface area contributed by atoms with Crippen LogP contribution in [0.4, 0.5) is 5.69 Å². The maximum atomic E-state index is 12.9. The van der Waals surface area contributed by atoms with Gasteiger partial charge in [0.05, 0.1) is 15.3 Å². The predicted molar refractivity (Wildman–Crippen MR) is 121 cm³/mol. The highest BCUT2D eigenvalue weighted by Gasteiger charge is 2.25. The van der Waals surface area contributed by atoms with Crippen molar-refractivity contribution >= 4 is 38.9 Å². The highest BCUT2D eigenvalue weighted by molar-refractivity contribution is 9.11. The van der Waals surface area contributed by atoms with Crippen LogP contribution in [-0.4, -0.2) is 44.1 Å². The lowest BCUT2D eigenvalue weighted by atomic mass is 10.0. The van der Waals surface area contributed by atoms with Crippen molar-refractivity contribution in [1.82, 2.24) is 4.90 Å². The summed E-state index contributed by atoms with van der Waals surface area (Å²) >= 11 is 4.92. The van der Waals surface area contributed by atoms with E-state index >= 15 is 0 Å². The van der Waals surface area contributed by atoms with Gasteiger partial charge < -0.3 is 14.5 Å². The summed E-state index contributed by atoms with van der Waals surface area (Å²) in [4.78, 5) is 17.8. The van der Waals surface area contributed by atoms with Gasteiger partial charge in [-0.1, -0.05) is 6.08 Å². The van der Waals surface area contributed by atoms with Gasteiger partial charge in [-0.3, -0.25) is 4.79 Å². The molecule has 1 aliphatic heterocycles. The second-order valence-corrected chi connectivity index (χ2v) is 9.52. The van der Waals surface area contributed by atoms with Gasteiger partial charge in [-0.25, -0.2) is 0 Å². The highest BCUT2D eigenvalue weighted by Crippen LogP contribution is 2.33. The maximum Gasteiger partial charge on any atom is 0.268 e. The van der Waals surface area contributed by atoms with E-state index in [-0.39, 0.29) is 5.91 Å². The topological polar surface area (TPSA) is 32.8 Å². The third kappa shape index (κ3) is 5.46. The third-order valence-corrected chi connectivity index (χ3v) is 6.45. The minimum atomic E-state index is 0.0777. The molecule has 150 valence electrons. The van der Waals surface area contributed by atoms with Crippen LogP contribution in [0.5, 0.6) is 5.75 Å². The molecule has 0 saturated heterocycles. The van der Waals surface area contributed by atoms with Gasteiger partial charge in [-0.15, -0.1) is 17.9 Å². The molecule has 2 aromatic rings. The van der Waals surface area contributed by atoms with Crippen molar-refractivity contribution in [3.63, 3.8) is 0 Å². The summed E-state index contributed by atoms with van der Waals surface area (Å²) < 4.78 is 6.93. The van der Waals surface area contributed by atoms with Gasteiger partial charge in [0.1, 0.15) is 5.75 Å². The Morgan fingerprint density at radius 2 is 2.21 bits per heavy atom. The van der Waals surface area contributed by atoms with Crippen molar-refractivity contribution < 1.29 is 9.53 Å². The second-order valence-electron chi connectivity index (χ2n) is 7.06. The Bertz CT molecular complexity index is 821. The number of likely N-dealkylation sites (N-methyl/N-ethyl adjacent to an activating group) is 1. The smallest absolute Gasteiger partial charge is 0.268 e. The first kappa shape index (κ1) is 21.1. The summed E-state index contributed by atoms with van der Waals surface area (Å²) in [7, 11) is 2.11. The van der Waals surface area contributed by atoms with E-state index in [0.717, 1.165) is 65.4 Å². The van der Waals surface area contributed by atoms with Gasteiger partial charge in [-0.05, 0) is 91.1 Å².